The second kappa shape index (κ2) is 30.7. The Bertz CT molecular complexity index is 2140. The van der Waals surface area contributed by atoms with Crippen molar-refractivity contribution >= 4 is 102 Å². The maximum absolute atomic E-state index is 11.6. The number of rotatable bonds is 1. The number of aliphatic hydroxyl groups is 1. The summed E-state index contributed by atoms with van der Waals surface area (Å²) in [5.74, 6) is 0.266. The minimum atomic E-state index is -0.286. The van der Waals surface area contributed by atoms with Crippen LogP contribution in [-0.4, -0.2) is 36.9 Å². The quantitative estimate of drug-likeness (QED) is 0.0918. The topological polar surface area (TPSA) is 123 Å². The molecule has 0 bridgehead atoms. The van der Waals surface area contributed by atoms with Crippen LogP contribution in [0.3, 0.4) is 0 Å². The van der Waals surface area contributed by atoms with E-state index in [9.17, 15) is 9.90 Å². The van der Waals surface area contributed by atoms with Crippen molar-refractivity contribution in [3.05, 3.63) is 107 Å². The molecule has 3 aromatic heterocycles. The van der Waals surface area contributed by atoms with E-state index in [0.29, 0.717) is 21.9 Å². The standard InChI is InChI=1S/C16H22N2.C12H13NO.C12H11NO.C4H11N.3C2H6.CH4.3HI.V/c1-16(2,3)18-14-10-6-8-12-11-7-4-5-9-13(11)17-15(12)14;2*14-11-7-3-5-9-8-4-1-2-6-10(8)13-12(9)11;1-4(2,3)5;3*1-2;;;;;/h4-5,7,9,14,17-18H,6,8,10H2,1-3H3;1-2,4,6,11,13-14H,3,5,7H2;1-2,4,6,13H,3,5,7H2;5H2,1-3H3;3*1-2H3;1H4;3*1H;/q;;;;;;;;;;;+2/p-2. The molecule has 3 aromatic carbocycles. The van der Waals surface area contributed by atoms with Gasteiger partial charge in [-0.25, -0.2) is 0 Å². The Labute approximate surface area is 421 Å². The third-order valence-corrected chi connectivity index (χ3v) is 9.73. The fraction of sp³-hybridized carbons (Fsp3) is 0.510. The van der Waals surface area contributed by atoms with Gasteiger partial charge in [-0.05, 0) is 128 Å². The Balaban J connectivity index is 0.000000778. The first-order valence-corrected chi connectivity index (χ1v) is 31.2. The van der Waals surface area contributed by atoms with Crippen molar-refractivity contribution in [3.63, 3.8) is 0 Å². The molecule has 2 atom stereocenters. The monoisotopic (exact) mass is 1230 g/mol. The van der Waals surface area contributed by atoms with Gasteiger partial charge in [0, 0.05) is 67.6 Å². The fourth-order valence-electron chi connectivity index (χ4n) is 7.72. The number of benzene rings is 3. The van der Waals surface area contributed by atoms with Crippen LogP contribution in [0.15, 0.2) is 72.8 Å². The first-order valence-electron chi connectivity index (χ1n) is 22.2. The van der Waals surface area contributed by atoms with E-state index in [1.807, 2.05) is 86.6 Å². The summed E-state index contributed by atoms with van der Waals surface area (Å²) in [4.78, 5) is 21.8. The van der Waals surface area contributed by atoms with Gasteiger partial charge in [0.1, 0.15) is 0 Å². The number of aromatic nitrogens is 3. The zero-order chi connectivity index (χ0) is 45.0. The van der Waals surface area contributed by atoms with Gasteiger partial charge >= 0.3 is 49.4 Å². The number of Topliss-reactive ketones (excluding diaryl/α,β-unsaturated/α-hetero) is 1. The predicted octanol–water partition coefficient (Wildman–Crippen LogP) is 16.0. The number of aromatic amines is 3. The van der Waals surface area contributed by atoms with Gasteiger partial charge in [-0.2, -0.15) is 0 Å². The van der Waals surface area contributed by atoms with Crippen molar-refractivity contribution < 1.29 is 19.4 Å². The van der Waals surface area contributed by atoms with Gasteiger partial charge in [-0.3, -0.25) is 4.79 Å². The van der Waals surface area contributed by atoms with Crippen molar-refractivity contribution in [1.29, 1.82) is 0 Å². The van der Waals surface area contributed by atoms with Crippen LogP contribution in [0.2, 0.25) is 0 Å². The molecular formula is C51H80I3N5O2V. The van der Waals surface area contributed by atoms with Gasteiger partial charge in [-0.1, -0.05) is 104 Å². The zero-order valence-electron chi connectivity index (χ0n) is 39.0. The summed E-state index contributed by atoms with van der Waals surface area (Å²) >= 11 is 4.74. The number of hydrogen-bond acceptors (Lipinski definition) is 4. The molecular weight excluding hydrogens is 1150 g/mol. The van der Waals surface area contributed by atoms with Crippen LogP contribution in [-0.2, 0) is 28.7 Å². The van der Waals surface area contributed by atoms with Crippen LogP contribution in [0.25, 0.3) is 32.7 Å². The molecule has 0 spiro atoms. The van der Waals surface area contributed by atoms with Gasteiger partial charge in [0.2, 0.25) is 0 Å². The summed E-state index contributed by atoms with van der Waals surface area (Å²) in [5, 5.41) is 17.5. The van der Waals surface area contributed by atoms with Gasteiger partial charge in [0.15, 0.2) is 5.78 Å². The summed E-state index contributed by atoms with van der Waals surface area (Å²) in [6.07, 6.45) is 9.23. The number of aryl methyl sites for hydroxylation is 3. The summed E-state index contributed by atoms with van der Waals surface area (Å²) < 4.78 is 0. The Morgan fingerprint density at radius 2 is 1.00 bits per heavy atom. The molecule has 9 rings (SSSR count). The summed E-state index contributed by atoms with van der Waals surface area (Å²) in [6, 6.07) is 25.5. The average molecular weight is 1230 g/mol. The summed E-state index contributed by atoms with van der Waals surface area (Å²) in [6.45, 7) is 24.6. The van der Waals surface area contributed by atoms with Gasteiger partial charge in [-0.15, -0.1) is 24.0 Å². The molecule has 2 unspecified atom stereocenters. The van der Waals surface area contributed by atoms with Crippen molar-refractivity contribution in [1.82, 2.24) is 20.3 Å². The molecule has 0 saturated carbocycles. The van der Waals surface area contributed by atoms with E-state index < -0.39 is 0 Å². The van der Waals surface area contributed by atoms with Crippen LogP contribution in [0, 0.1) is 0 Å². The molecule has 0 amide bonds. The van der Waals surface area contributed by atoms with E-state index in [2.05, 4.69) is 130 Å². The predicted molar refractivity (Wildman–Crippen MR) is 297 cm³/mol. The molecule has 3 heterocycles. The molecule has 0 aliphatic heterocycles. The van der Waals surface area contributed by atoms with Gasteiger partial charge in [0.25, 0.3) is 0 Å². The van der Waals surface area contributed by atoms with E-state index in [1.54, 1.807) is 0 Å². The Kier molecular flexibility index (Phi) is 30.0. The molecule has 347 valence electrons. The van der Waals surface area contributed by atoms with E-state index in [1.165, 1.54) is 63.3 Å². The number of ketones is 1. The molecule has 11 heteroatoms. The van der Waals surface area contributed by atoms with Gasteiger partial charge < -0.3 is 31.1 Å². The number of para-hydroxylation sites is 3. The molecule has 7 nitrogen and oxygen atoms in total. The third kappa shape index (κ3) is 18.5. The van der Waals surface area contributed by atoms with Crippen LogP contribution in [0.5, 0.6) is 0 Å². The van der Waals surface area contributed by atoms with Crippen LogP contribution in [0.4, 0.5) is 0 Å². The first kappa shape index (κ1) is 60.6. The van der Waals surface area contributed by atoms with Crippen molar-refractivity contribution in [2.45, 2.75) is 172 Å². The van der Waals surface area contributed by atoms with E-state index >= 15 is 0 Å². The number of aliphatic hydroxyl groups excluding tert-OH is 1. The molecule has 0 saturated heterocycles. The number of carbonyl (C=O) groups is 1. The molecule has 7 N–H and O–H groups in total. The third-order valence-electron chi connectivity index (χ3n) is 9.73. The number of carbonyl (C=O) groups excluding carboxylic acids is 1. The number of hydrogen-bond donors (Lipinski definition) is 6. The SMILES string of the molecule is C.CC.CC.CC.CC(C)(C)N.CC(C)(C)NC1CCCc2c1[nH]c1ccccc21.I.O=C1CCCc2c1[nH]c1ccccc21.OC1CCCc2c1[nH]c1ccccc21.[I][V][I]. The number of H-pyrrole nitrogens is 3. The normalized spacial score (nSPS) is 15.6. The van der Waals surface area contributed by atoms with E-state index in [4.69, 9.17) is 5.73 Å². The molecule has 3 aliphatic carbocycles. The van der Waals surface area contributed by atoms with Gasteiger partial charge in [0.05, 0.1) is 11.8 Å². The zero-order valence-corrected chi connectivity index (χ0v) is 47.0. The average Bonchev–Trinajstić information content (AvgIpc) is 3.93. The van der Waals surface area contributed by atoms with E-state index in [-0.39, 0.29) is 54.4 Å². The van der Waals surface area contributed by atoms with E-state index in [0.717, 1.165) is 54.5 Å². The fourth-order valence-corrected chi connectivity index (χ4v) is 7.72. The number of nitrogens with one attached hydrogen (secondary N) is 4. The minimum absolute atomic E-state index is 0. The van der Waals surface area contributed by atoms with Crippen molar-refractivity contribution in [3.8, 4) is 0 Å². The molecule has 62 heavy (non-hydrogen) atoms. The summed E-state index contributed by atoms with van der Waals surface area (Å²) in [5.41, 5.74) is 16.4. The number of fused-ring (bicyclic) bond motifs is 9. The van der Waals surface area contributed by atoms with Crippen LogP contribution >= 0.6 is 63.9 Å². The van der Waals surface area contributed by atoms with Crippen LogP contribution in [0.1, 0.15) is 180 Å². The number of nitrogens with two attached hydrogens (primary N) is 1. The first-order chi connectivity index (χ1) is 28.7. The number of halogens is 3. The molecule has 3 aliphatic rings. The van der Waals surface area contributed by atoms with Crippen LogP contribution < -0.4 is 11.1 Å². The second-order valence-electron chi connectivity index (χ2n) is 16.6. The Morgan fingerprint density at radius 1 is 0.629 bits per heavy atom. The van der Waals surface area contributed by atoms with Crippen molar-refractivity contribution in [2.75, 3.05) is 0 Å². The Morgan fingerprint density at radius 3 is 1.47 bits per heavy atom. The summed E-state index contributed by atoms with van der Waals surface area (Å²) in [7, 11) is 0.628. The molecule has 6 aromatic rings. The molecule has 0 radical (unpaired) electrons. The maximum atomic E-state index is 11.6. The second-order valence-corrected chi connectivity index (χ2v) is 28.4. The molecule has 0 fully saturated rings. The Hall–Kier alpha value is -1.40. The van der Waals surface area contributed by atoms with Crippen molar-refractivity contribution in [2.24, 2.45) is 5.73 Å².